The second kappa shape index (κ2) is 7.58. The van der Waals surface area contributed by atoms with E-state index in [2.05, 4.69) is 29.6 Å². The summed E-state index contributed by atoms with van der Waals surface area (Å²) < 4.78 is 5.70. The Kier molecular flexibility index (Phi) is 5.50. The highest BCUT2D eigenvalue weighted by Crippen LogP contribution is 2.30. The van der Waals surface area contributed by atoms with Gasteiger partial charge in [0.1, 0.15) is 5.75 Å². The minimum atomic E-state index is 0.126. The second-order valence-corrected chi connectivity index (χ2v) is 5.40. The van der Waals surface area contributed by atoms with Gasteiger partial charge in [0.15, 0.2) is 0 Å². The zero-order valence-corrected chi connectivity index (χ0v) is 12.8. The molecule has 0 spiro atoms. The van der Waals surface area contributed by atoms with E-state index in [0.29, 0.717) is 5.69 Å². The number of para-hydroxylation sites is 1. The smallest absolute Gasteiger partial charge is 0.144 e. The Balaban J connectivity index is 1.85. The van der Waals surface area contributed by atoms with Gasteiger partial charge in [0.05, 0.1) is 17.5 Å². The SMILES string of the molecule is CC(C)Oc1cccc(NCCCc2ccccc2)c1N. The molecule has 21 heavy (non-hydrogen) atoms. The van der Waals surface area contributed by atoms with E-state index in [0.717, 1.165) is 30.8 Å². The summed E-state index contributed by atoms with van der Waals surface area (Å²) in [7, 11) is 0. The lowest BCUT2D eigenvalue weighted by Gasteiger charge is -2.15. The molecule has 0 fully saturated rings. The lowest BCUT2D eigenvalue weighted by molar-refractivity contribution is 0.244. The number of rotatable bonds is 7. The third-order valence-corrected chi connectivity index (χ3v) is 3.23. The molecule has 2 aromatic carbocycles. The first-order chi connectivity index (χ1) is 10.2. The molecule has 0 unspecified atom stereocenters. The zero-order valence-electron chi connectivity index (χ0n) is 12.8. The standard InChI is InChI=1S/C18H24N2O/c1-14(2)21-17-12-6-11-16(18(17)19)20-13-7-10-15-8-4-3-5-9-15/h3-6,8-9,11-12,14,20H,7,10,13,19H2,1-2H3. The average molecular weight is 284 g/mol. The largest absolute Gasteiger partial charge is 0.489 e. The summed E-state index contributed by atoms with van der Waals surface area (Å²) in [5, 5.41) is 3.39. The number of aryl methyl sites for hydroxylation is 1. The van der Waals surface area contributed by atoms with Crippen molar-refractivity contribution in [1.29, 1.82) is 0 Å². The summed E-state index contributed by atoms with van der Waals surface area (Å²) in [6.07, 6.45) is 2.26. The molecule has 2 rings (SSSR count). The Bertz CT molecular complexity index is 552. The van der Waals surface area contributed by atoms with Crippen LogP contribution in [-0.2, 0) is 6.42 Å². The van der Waals surface area contributed by atoms with Crippen molar-refractivity contribution in [2.24, 2.45) is 0 Å². The molecule has 3 heteroatoms. The fourth-order valence-corrected chi connectivity index (χ4v) is 2.22. The first kappa shape index (κ1) is 15.2. The molecule has 3 nitrogen and oxygen atoms in total. The third-order valence-electron chi connectivity index (χ3n) is 3.23. The van der Waals surface area contributed by atoms with Crippen molar-refractivity contribution in [1.82, 2.24) is 0 Å². The Morgan fingerprint density at radius 2 is 1.81 bits per heavy atom. The molecule has 0 atom stereocenters. The van der Waals surface area contributed by atoms with Crippen LogP contribution in [0, 0.1) is 0 Å². The van der Waals surface area contributed by atoms with Crippen LogP contribution in [0.25, 0.3) is 0 Å². The van der Waals surface area contributed by atoms with Crippen LogP contribution < -0.4 is 15.8 Å². The van der Waals surface area contributed by atoms with Crippen LogP contribution >= 0.6 is 0 Å². The van der Waals surface area contributed by atoms with E-state index in [1.807, 2.05) is 38.1 Å². The third kappa shape index (κ3) is 4.71. The van der Waals surface area contributed by atoms with Crippen molar-refractivity contribution < 1.29 is 4.74 Å². The second-order valence-electron chi connectivity index (χ2n) is 5.40. The van der Waals surface area contributed by atoms with Crippen molar-refractivity contribution in [3.8, 4) is 5.75 Å². The predicted octanol–water partition coefficient (Wildman–Crippen LogP) is 4.10. The molecule has 3 N–H and O–H groups in total. The summed E-state index contributed by atoms with van der Waals surface area (Å²) in [4.78, 5) is 0. The number of nitrogens with one attached hydrogen (secondary N) is 1. The van der Waals surface area contributed by atoms with E-state index in [1.165, 1.54) is 5.56 Å². The van der Waals surface area contributed by atoms with E-state index in [1.54, 1.807) is 0 Å². The Hall–Kier alpha value is -2.16. The molecule has 0 saturated carbocycles. The molecular weight excluding hydrogens is 260 g/mol. The summed E-state index contributed by atoms with van der Waals surface area (Å²) in [6.45, 7) is 4.89. The number of anilines is 2. The maximum atomic E-state index is 6.14. The fourth-order valence-electron chi connectivity index (χ4n) is 2.22. The van der Waals surface area contributed by atoms with Crippen LogP contribution in [0.15, 0.2) is 48.5 Å². The van der Waals surface area contributed by atoms with E-state index in [-0.39, 0.29) is 6.10 Å². The van der Waals surface area contributed by atoms with Gasteiger partial charge in [0.2, 0.25) is 0 Å². The molecule has 0 aliphatic heterocycles. The van der Waals surface area contributed by atoms with E-state index < -0.39 is 0 Å². The molecule has 0 aliphatic rings. The van der Waals surface area contributed by atoms with Gasteiger partial charge in [-0.15, -0.1) is 0 Å². The van der Waals surface area contributed by atoms with Gasteiger partial charge < -0.3 is 15.8 Å². The molecular formula is C18H24N2O. The first-order valence-electron chi connectivity index (χ1n) is 7.50. The molecule has 0 aliphatic carbocycles. The monoisotopic (exact) mass is 284 g/mol. The molecule has 0 radical (unpaired) electrons. The minimum absolute atomic E-state index is 0.126. The number of hydrogen-bond donors (Lipinski definition) is 2. The minimum Gasteiger partial charge on any atom is -0.489 e. The maximum Gasteiger partial charge on any atom is 0.144 e. The number of nitrogens with two attached hydrogens (primary N) is 1. The molecule has 2 aromatic rings. The molecule has 0 saturated heterocycles. The quantitative estimate of drug-likeness (QED) is 0.594. The van der Waals surface area contributed by atoms with Crippen LogP contribution in [-0.4, -0.2) is 12.6 Å². The summed E-state index contributed by atoms with van der Waals surface area (Å²) in [5.74, 6) is 0.748. The molecule has 0 bridgehead atoms. The van der Waals surface area contributed by atoms with Crippen molar-refractivity contribution >= 4 is 11.4 Å². The number of ether oxygens (including phenoxy) is 1. The summed E-state index contributed by atoms with van der Waals surface area (Å²) in [5.41, 5.74) is 9.13. The molecule has 112 valence electrons. The lowest BCUT2D eigenvalue weighted by Crippen LogP contribution is -2.10. The topological polar surface area (TPSA) is 47.3 Å². The number of benzene rings is 2. The van der Waals surface area contributed by atoms with Crippen molar-refractivity contribution in [2.75, 3.05) is 17.6 Å². The van der Waals surface area contributed by atoms with Crippen molar-refractivity contribution in [3.63, 3.8) is 0 Å². The van der Waals surface area contributed by atoms with E-state index in [9.17, 15) is 0 Å². The highest BCUT2D eigenvalue weighted by atomic mass is 16.5. The van der Waals surface area contributed by atoms with Crippen molar-refractivity contribution in [3.05, 3.63) is 54.1 Å². The molecule has 0 aromatic heterocycles. The Morgan fingerprint density at radius 3 is 2.52 bits per heavy atom. The number of hydrogen-bond acceptors (Lipinski definition) is 3. The van der Waals surface area contributed by atoms with Gasteiger partial charge in [0.25, 0.3) is 0 Å². The van der Waals surface area contributed by atoms with Gasteiger partial charge in [-0.3, -0.25) is 0 Å². The highest BCUT2D eigenvalue weighted by Gasteiger charge is 2.07. The summed E-state index contributed by atoms with van der Waals surface area (Å²) in [6, 6.07) is 16.4. The normalized spacial score (nSPS) is 10.6. The van der Waals surface area contributed by atoms with Gasteiger partial charge in [0, 0.05) is 6.54 Å². The number of nitrogen functional groups attached to an aromatic ring is 1. The van der Waals surface area contributed by atoms with Crippen LogP contribution in [0.5, 0.6) is 5.75 Å². The fraction of sp³-hybridized carbons (Fsp3) is 0.333. The molecule has 0 amide bonds. The summed E-state index contributed by atoms with van der Waals surface area (Å²) >= 11 is 0. The highest BCUT2D eigenvalue weighted by molar-refractivity contribution is 5.72. The molecule has 0 heterocycles. The zero-order chi connectivity index (χ0) is 15.1. The van der Waals surface area contributed by atoms with Gasteiger partial charge in [-0.2, -0.15) is 0 Å². The van der Waals surface area contributed by atoms with Crippen LogP contribution in [0.1, 0.15) is 25.8 Å². The van der Waals surface area contributed by atoms with Crippen LogP contribution in [0.2, 0.25) is 0 Å². The van der Waals surface area contributed by atoms with E-state index >= 15 is 0 Å². The van der Waals surface area contributed by atoms with Gasteiger partial charge in [-0.05, 0) is 44.4 Å². The van der Waals surface area contributed by atoms with E-state index in [4.69, 9.17) is 10.5 Å². The van der Waals surface area contributed by atoms with Gasteiger partial charge >= 0.3 is 0 Å². The van der Waals surface area contributed by atoms with Crippen LogP contribution in [0.4, 0.5) is 11.4 Å². The Labute approximate surface area is 127 Å². The van der Waals surface area contributed by atoms with Gasteiger partial charge in [-0.1, -0.05) is 36.4 Å². The Morgan fingerprint density at radius 1 is 1.05 bits per heavy atom. The first-order valence-corrected chi connectivity index (χ1v) is 7.50. The maximum absolute atomic E-state index is 6.14. The lowest BCUT2D eigenvalue weighted by atomic mass is 10.1. The van der Waals surface area contributed by atoms with Crippen molar-refractivity contribution in [2.45, 2.75) is 32.8 Å². The van der Waals surface area contributed by atoms with Crippen LogP contribution in [0.3, 0.4) is 0 Å². The van der Waals surface area contributed by atoms with Gasteiger partial charge in [-0.25, -0.2) is 0 Å². The average Bonchev–Trinajstić information content (AvgIpc) is 2.48. The predicted molar refractivity (Wildman–Crippen MR) is 89.9 cm³/mol.